The van der Waals surface area contributed by atoms with Gasteiger partial charge in [0.2, 0.25) is 0 Å². The van der Waals surface area contributed by atoms with E-state index in [1.54, 1.807) is 18.2 Å². The number of hydrogen-bond donors (Lipinski definition) is 4. The Balaban J connectivity index is 0.000000527. The molecule has 0 radical (unpaired) electrons. The molecule has 0 saturated heterocycles. The molecule has 0 amide bonds. The van der Waals surface area contributed by atoms with Crippen molar-refractivity contribution in [2.75, 3.05) is 13.2 Å². The van der Waals surface area contributed by atoms with Crippen LogP contribution in [0.4, 0.5) is 0 Å². The fourth-order valence-corrected chi connectivity index (χ4v) is 2.95. The molecular weight excluding hydrogens is 397 g/mol. The smallest absolute Gasteiger partial charge is 0.414 e. The van der Waals surface area contributed by atoms with Crippen molar-refractivity contribution in [3.05, 3.63) is 28.2 Å². The number of aliphatic hydroxyl groups is 1. The van der Waals surface area contributed by atoms with Crippen molar-refractivity contribution in [2.45, 2.75) is 50.7 Å². The van der Waals surface area contributed by atoms with Crippen molar-refractivity contribution in [3.8, 4) is 5.75 Å². The Morgan fingerprint density at radius 2 is 1.70 bits per heavy atom. The molecule has 152 valence electrons. The van der Waals surface area contributed by atoms with Crippen LogP contribution in [0, 0.1) is 0 Å². The van der Waals surface area contributed by atoms with E-state index in [0.29, 0.717) is 28.4 Å². The largest absolute Gasteiger partial charge is 0.489 e. The van der Waals surface area contributed by atoms with Gasteiger partial charge >= 0.3 is 11.9 Å². The summed E-state index contributed by atoms with van der Waals surface area (Å²) in [5.74, 6) is -3.14. The van der Waals surface area contributed by atoms with E-state index in [-0.39, 0.29) is 6.61 Å². The molecule has 1 fully saturated rings. The lowest BCUT2D eigenvalue weighted by atomic mass is 10.1. The molecule has 27 heavy (non-hydrogen) atoms. The summed E-state index contributed by atoms with van der Waals surface area (Å²) in [6, 6.07) is 5.59. The highest BCUT2D eigenvalue weighted by Crippen LogP contribution is 2.27. The lowest BCUT2D eigenvalue weighted by Crippen LogP contribution is -2.37. The second-order valence-corrected chi connectivity index (χ2v) is 7.09. The monoisotopic (exact) mass is 421 g/mol. The molecule has 4 N–H and O–H groups in total. The number of ether oxygens (including phenoxy) is 1. The predicted octanol–water partition coefficient (Wildman–Crippen LogP) is 3.20. The van der Waals surface area contributed by atoms with E-state index >= 15 is 0 Å². The third kappa shape index (κ3) is 10.4. The van der Waals surface area contributed by atoms with Gasteiger partial charge in [0.1, 0.15) is 18.5 Å². The highest BCUT2D eigenvalue weighted by Gasteiger charge is 2.14. The summed E-state index contributed by atoms with van der Waals surface area (Å²) in [5.41, 5.74) is 0. The Kier molecular flexibility index (Phi) is 11.1. The summed E-state index contributed by atoms with van der Waals surface area (Å²) in [6.07, 6.45) is 7.07. The lowest BCUT2D eigenvalue weighted by Gasteiger charge is -2.19. The average Bonchev–Trinajstić information content (AvgIpc) is 2.90. The topological polar surface area (TPSA) is 116 Å². The minimum Gasteiger partial charge on any atom is -0.489 e. The van der Waals surface area contributed by atoms with Gasteiger partial charge in [0.15, 0.2) is 0 Å². The Bertz CT molecular complexity index is 594. The highest BCUT2D eigenvalue weighted by atomic mass is 35.5. The van der Waals surface area contributed by atoms with Crippen molar-refractivity contribution in [1.29, 1.82) is 0 Å². The van der Waals surface area contributed by atoms with Crippen LogP contribution in [0.5, 0.6) is 5.75 Å². The number of benzene rings is 1. The zero-order valence-electron chi connectivity index (χ0n) is 14.9. The number of rotatable bonds is 6. The highest BCUT2D eigenvalue weighted by molar-refractivity contribution is 6.34. The maximum absolute atomic E-state index is 10.0. The van der Waals surface area contributed by atoms with Crippen LogP contribution in [0.25, 0.3) is 0 Å². The summed E-state index contributed by atoms with van der Waals surface area (Å²) >= 11 is 11.9. The van der Waals surface area contributed by atoms with Crippen LogP contribution in [-0.4, -0.2) is 52.6 Å². The average molecular weight is 422 g/mol. The van der Waals surface area contributed by atoms with Crippen molar-refractivity contribution in [2.24, 2.45) is 0 Å². The number of carboxylic acid groups (broad SMARTS) is 2. The van der Waals surface area contributed by atoms with Crippen molar-refractivity contribution in [3.63, 3.8) is 0 Å². The first-order valence-electron chi connectivity index (χ1n) is 8.75. The number of carbonyl (C=O) groups is 2. The third-order valence-electron chi connectivity index (χ3n) is 4.00. The number of aliphatic hydroxyl groups excluding tert-OH is 1. The summed E-state index contributed by atoms with van der Waals surface area (Å²) in [5, 5.41) is 29.3. The standard InChI is InChI=1S/C16H23Cl2NO2.C2H2O4/c17-12-7-8-15(18)16(9-12)21-11-14(20)10-19-13-5-3-1-2-4-6-13;3-1(4)2(5)6/h7-9,13-14,19-20H,1-6,10-11H2;(H,3,4)(H,5,6). The first-order valence-corrected chi connectivity index (χ1v) is 9.50. The molecule has 1 saturated carbocycles. The molecule has 0 heterocycles. The van der Waals surface area contributed by atoms with Crippen LogP contribution in [0.1, 0.15) is 38.5 Å². The van der Waals surface area contributed by atoms with E-state index in [9.17, 15) is 5.11 Å². The van der Waals surface area contributed by atoms with Crippen LogP contribution in [0.2, 0.25) is 10.0 Å². The number of carboxylic acids is 2. The Hall–Kier alpha value is -1.54. The Morgan fingerprint density at radius 1 is 1.11 bits per heavy atom. The van der Waals surface area contributed by atoms with Gasteiger partial charge < -0.3 is 25.4 Å². The van der Waals surface area contributed by atoms with Gasteiger partial charge in [-0.1, -0.05) is 48.9 Å². The molecule has 0 aliphatic heterocycles. The van der Waals surface area contributed by atoms with Crippen molar-refractivity contribution >= 4 is 35.1 Å². The minimum absolute atomic E-state index is 0.208. The zero-order chi connectivity index (χ0) is 20.2. The molecule has 2 rings (SSSR count). The first-order chi connectivity index (χ1) is 12.8. The maximum atomic E-state index is 10.0. The second-order valence-electron chi connectivity index (χ2n) is 6.25. The maximum Gasteiger partial charge on any atom is 0.414 e. The molecule has 7 nitrogen and oxygen atoms in total. The molecular formula is C18H25Cl2NO6. The van der Waals surface area contributed by atoms with Crippen LogP contribution in [0.3, 0.4) is 0 Å². The van der Waals surface area contributed by atoms with Gasteiger partial charge in [-0.3, -0.25) is 0 Å². The fourth-order valence-electron chi connectivity index (χ4n) is 2.62. The van der Waals surface area contributed by atoms with E-state index in [1.165, 1.54) is 38.5 Å². The van der Waals surface area contributed by atoms with Gasteiger partial charge in [0.25, 0.3) is 0 Å². The normalized spacial score (nSPS) is 15.8. The molecule has 1 aromatic carbocycles. The van der Waals surface area contributed by atoms with Gasteiger partial charge in [-0.15, -0.1) is 0 Å². The number of halogens is 2. The molecule has 9 heteroatoms. The van der Waals surface area contributed by atoms with E-state index in [2.05, 4.69) is 5.32 Å². The van der Waals surface area contributed by atoms with Gasteiger partial charge in [0.05, 0.1) is 5.02 Å². The first kappa shape index (κ1) is 23.5. The number of nitrogens with one attached hydrogen (secondary N) is 1. The molecule has 0 aromatic heterocycles. The van der Waals surface area contributed by atoms with Gasteiger partial charge in [-0.25, -0.2) is 9.59 Å². The van der Waals surface area contributed by atoms with E-state index in [4.69, 9.17) is 47.7 Å². The van der Waals surface area contributed by atoms with Crippen LogP contribution >= 0.6 is 23.2 Å². The second kappa shape index (κ2) is 12.8. The van der Waals surface area contributed by atoms with Crippen LogP contribution in [-0.2, 0) is 9.59 Å². The summed E-state index contributed by atoms with van der Waals surface area (Å²) in [6.45, 7) is 0.753. The molecule has 1 aliphatic rings. The lowest BCUT2D eigenvalue weighted by molar-refractivity contribution is -0.159. The van der Waals surface area contributed by atoms with E-state index in [1.807, 2.05) is 0 Å². The third-order valence-corrected chi connectivity index (χ3v) is 4.55. The SMILES string of the molecule is O=C(O)C(=O)O.OC(CNC1CCCCCC1)COc1cc(Cl)ccc1Cl. The Morgan fingerprint density at radius 3 is 2.26 bits per heavy atom. The fraction of sp³-hybridized carbons (Fsp3) is 0.556. The predicted molar refractivity (Wildman–Crippen MR) is 103 cm³/mol. The van der Waals surface area contributed by atoms with Crippen LogP contribution < -0.4 is 10.1 Å². The zero-order valence-corrected chi connectivity index (χ0v) is 16.4. The summed E-state index contributed by atoms with van der Waals surface area (Å²) in [4.78, 5) is 18.2. The molecule has 1 unspecified atom stereocenters. The van der Waals surface area contributed by atoms with Gasteiger partial charge in [0, 0.05) is 23.7 Å². The minimum atomic E-state index is -1.82. The molecule has 0 bridgehead atoms. The van der Waals surface area contributed by atoms with Crippen molar-refractivity contribution in [1.82, 2.24) is 5.32 Å². The van der Waals surface area contributed by atoms with E-state index < -0.39 is 18.0 Å². The Labute approximate surface area is 168 Å². The molecule has 0 spiro atoms. The molecule has 1 aromatic rings. The van der Waals surface area contributed by atoms with Gasteiger partial charge in [-0.2, -0.15) is 0 Å². The van der Waals surface area contributed by atoms with Crippen molar-refractivity contribution < 1.29 is 29.6 Å². The quantitative estimate of drug-likeness (QED) is 0.411. The molecule has 1 aliphatic carbocycles. The van der Waals surface area contributed by atoms with E-state index in [0.717, 1.165) is 0 Å². The summed E-state index contributed by atoms with van der Waals surface area (Å²) in [7, 11) is 0. The number of hydrogen-bond acceptors (Lipinski definition) is 5. The molecule has 1 atom stereocenters. The number of aliphatic carboxylic acids is 2. The summed E-state index contributed by atoms with van der Waals surface area (Å²) < 4.78 is 5.54. The van der Waals surface area contributed by atoms with Gasteiger partial charge in [-0.05, 0) is 25.0 Å². The van der Waals surface area contributed by atoms with Crippen LogP contribution in [0.15, 0.2) is 18.2 Å².